The van der Waals surface area contributed by atoms with Crippen LogP contribution < -0.4 is 4.72 Å². The number of nitrogens with one attached hydrogen (secondary N) is 1. The third-order valence-corrected chi connectivity index (χ3v) is 4.64. The first-order valence-electron chi connectivity index (χ1n) is 6.46. The van der Waals surface area contributed by atoms with Crippen LogP contribution in [-0.2, 0) is 10.0 Å². The van der Waals surface area contributed by atoms with E-state index >= 15 is 0 Å². The molecular weight excluding hydrogens is 270 g/mol. The number of rotatable bonds is 3. The molecule has 2 aromatic rings. The van der Waals surface area contributed by atoms with Crippen LogP contribution in [0.3, 0.4) is 0 Å². The Labute approximate surface area is 120 Å². The smallest absolute Gasteiger partial charge is 0.262 e. The lowest BCUT2D eigenvalue weighted by atomic mass is 10.1. The van der Waals surface area contributed by atoms with Crippen molar-refractivity contribution >= 4 is 15.7 Å². The van der Waals surface area contributed by atoms with E-state index in [1.165, 1.54) is 0 Å². The van der Waals surface area contributed by atoms with E-state index in [9.17, 15) is 8.42 Å². The van der Waals surface area contributed by atoms with E-state index in [1.54, 1.807) is 6.07 Å². The second-order valence-electron chi connectivity index (χ2n) is 5.25. The molecule has 20 heavy (non-hydrogen) atoms. The summed E-state index contributed by atoms with van der Waals surface area (Å²) >= 11 is 0. The lowest BCUT2D eigenvalue weighted by Gasteiger charge is -2.12. The van der Waals surface area contributed by atoms with Crippen LogP contribution in [-0.4, -0.2) is 8.42 Å². The number of benzene rings is 2. The van der Waals surface area contributed by atoms with E-state index in [0.717, 1.165) is 22.3 Å². The van der Waals surface area contributed by atoms with Gasteiger partial charge in [-0.15, -0.1) is 0 Å². The molecule has 106 valence electrons. The van der Waals surface area contributed by atoms with Gasteiger partial charge in [0.2, 0.25) is 0 Å². The van der Waals surface area contributed by atoms with Crippen LogP contribution in [0.25, 0.3) is 0 Å². The Morgan fingerprint density at radius 2 is 1.40 bits per heavy atom. The van der Waals surface area contributed by atoms with E-state index in [2.05, 4.69) is 4.72 Å². The molecule has 0 aromatic heterocycles. The van der Waals surface area contributed by atoms with Crippen LogP contribution in [0.2, 0.25) is 0 Å². The first-order chi connectivity index (χ1) is 9.28. The van der Waals surface area contributed by atoms with Crippen molar-refractivity contribution in [2.24, 2.45) is 0 Å². The van der Waals surface area contributed by atoms with Gasteiger partial charge in [0.05, 0.1) is 4.90 Å². The molecule has 3 nitrogen and oxygen atoms in total. The summed E-state index contributed by atoms with van der Waals surface area (Å²) in [5, 5.41) is 0. The monoisotopic (exact) mass is 289 g/mol. The predicted octanol–water partition coefficient (Wildman–Crippen LogP) is 3.72. The molecular formula is C16H19NO2S. The van der Waals surface area contributed by atoms with Crippen LogP contribution in [0.4, 0.5) is 5.69 Å². The molecule has 0 aliphatic rings. The third-order valence-electron chi connectivity index (χ3n) is 3.09. The highest BCUT2D eigenvalue weighted by molar-refractivity contribution is 7.92. The van der Waals surface area contributed by atoms with Gasteiger partial charge in [0, 0.05) is 5.69 Å². The van der Waals surface area contributed by atoms with E-state index < -0.39 is 10.0 Å². The Morgan fingerprint density at radius 1 is 0.800 bits per heavy atom. The quantitative estimate of drug-likeness (QED) is 0.936. The molecule has 2 aromatic carbocycles. The van der Waals surface area contributed by atoms with Crippen LogP contribution in [0.15, 0.2) is 41.3 Å². The largest absolute Gasteiger partial charge is 0.280 e. The second-order valence-corrected chi connectivity index (χ2v) is 6.90. The molecule has 2 rings (SSSR count). The van der Waals surface area contributed by atoms with Gasteiger partial charge < -0.3 is 0 Å². The SMILES string of the molecule is Cc1cc(C)cc(NS(=O)(=O)c2ccc(C)cc2C)c1. The summed E-state index contributed by atoms with van der Waals surface area (Å²) in [6.07, 6.45) is 0. The van der Waals surface area contributed by atoms with Crippen molar-refractivity contribution in [3.8, 4) is 0 Å². The number of aryl methyl sites for hydroxylation is 4. The Morgan fingerprint density at radius 3 is 1.95 bits per heavy atom. The van der Waals surface area contributed by atoms with Crippen molar-refractivity contribution in [1.82, 2.24) is 0 Å². The number of anilines is 1. The number of hydrogen-bond acceptors (Lipinski definition) is 2. The zero-order valence-corrected chi connectivity index (χ0v) is 13.0. The lowest BCUT2D eigenvalue weighted by molar-refractivity contribution is 0.600. The van der Waals surface area contributed by atoms with Crippen LogP contribution in [0.5, 0.6) is 0 Å². The summed E-state index contributed by atoms with van der Waals surface area (Å²) < 4.78 is 27.5. The summed E-state index contributed by atoms with van der Waals surface area (Å²) in [6.45, 7) is 7.65. The van der Waals surface area contributed by atoms with Gasteiger partial charge in [-0.25, -0.2) is 8.42 Å². The van der Waals surface area contributed by atoms with Gasteiger partial charge in [0.1, 0.15) is 0 Å². The zero-order valence-electron chi connectivity index (χ0n) is 12.2. The number of sulfonamides is 1. The molecule has 0 spiro atoms. The number of hydrogen-bond donors (Lipinski definition) is 1. The van der Waals surface area contributed by atoms with Crippen molar-refractivity contribution in [2.45, 2.75) is 32.6 Å². The standard InChI is InChI=1S/C16H19NO2S/c1-11-5-6-16(14(4)8-11)20(18,19)17-15-9-12(2)7-13(3)10-15/h5-10,17H,1-4H3. The van der Waals surface area contributed by atoms with Gasteiger partial charge in [0.15, 0.2) is 0 Å². The van der Waals surface area contributed by atoms with Gasteiger partial charge >= 0.3 is 0 Å². The average molecular weight is 289 g/mol. The Balaban J connectivity index is 2.40. The van der Waals surface area contributed by atoms with Gasteiger partial charge in [0.25, 0.3) is 10.0 Å². The van der Waals surface area contributed by atoms with Crippen LogP contribution in [0, 0.1) is 27.7 Å². The minimum absolute atomic E-state index is 0.322. The molecule has 0 aliphatic carbocycles. The van der Waals surface area contributed by atoms with Gasteiger partial charge in [-0.2, -0.15) is 0 Å². The summed E-state index contributed by atoms with van der Waals surface area (Å²) in [5.41, 5.74) is 4.46. The second kappa shape index (κ2) is 5.29. The maximum Gasteiger partial charge on any atom is 0.262 e. The first kappa shape index (κ1) is 14.6. The molecule has 1 N–H and O–H groups in total. The molecule has 0 atom stereocenters. The molecule has 0 fully saturated rings. The predicted molar refractivity (Wildman–Crippen MR) is 82.6 cm³/mol. The van der Waals surface area contributed by atoms with Crippen molar-refractivity contribution in [2.75, 3.05) is 4.72 Å². The highest BCUT2D eigenvalue weighted by atomic mass is 32.2. The van der Waals surface area contributed by atoms with Crippen molar-refractivity contribution in [3.05, 3.63) is 58.7 Å². The van der Waals surface area contributed by atoms with Crippen LogP contribution in [0.1, 0.15) is 22.3 Å². The minimum atomic E-state index is -3.54. The van der Waals surface area contributed by atoms with Crippen molar-refractivity contribution in [3.63, 3.8) is 0 Å². The minimum Gasteiger partial charge on any atom is -0.280 e. The zero-order chi connectivity index (χ0) is 14.9. The van der Waals surface area contributed by atoms with Crippen LogP contribution >= 0.6 is 0 Å². The lowest BCUT2D eigenvalue weighted by Crippen LogP contribution is -2.14. The fraction of sp³-hybridized carbons (Fsp3) is 0.250. The fourth-order valence-electron chi connectivity index (χ4n) is 2.34. The molecule has 4 heteroatoms. The molecule has 0 aliphatic heterocycles. The highest BCUT2D eigenvalue weighted by Crippen LogP contribution is 2.21. The highest BCUT2D eigenvalue weighted by Gasteiger charge is 2.17. The topological polar surface area (TPSA) is 46.2 Å². The maximum atomic E-state index is 12.4. The summed E-state index contributed by atoms with van der Waals surface area (Å²) in [6, 6.07) is 11.0. The molecule has 0 heterocycles. The Kier molecular flexibility index (Phi) is 3.86. The molecule has 0 saturated carbocycles. The van der Waals surface area contributed by atoms with Crippen molar-refractivity contribution in [1.29, 1.82) is 0 Å². The first-order valence-corrected chi connectivity index (χ1v) is 7.94. The Hall–Kier alpha value is -1.81. The van der Waals surface area contributed by atoms with E-state index in [1.807, 2.05) is 58.0 Å². The summed E-state index contributed by atoms with van der Waals surface area (Å²) in [4.78, 5) is 0.322. The fourth-order valence-corrected chi connectivity index (χ4v) is 3.61. The summed E-state index contributed by atoms with van der Waals surface area (Å²) in [7, 11) is -3.54. The normalized spacial score (nSPS) is 11.4. The van der Waals surface area contributed by atoms with Gasteiger partial charge in [-0.1, -0.05) is 23.8 Å². The van der Waals surface area contributed by atoms with E-state index in [4.69, 9.17) is 0 Å². The van der Waals surface area contributed by atoms with Gasteiger partial charge in [-0.3, -0.25) is 4.72 Å². The third kappa shape index (κ3) is 3.20. The molecule has 0 radical (unpaired) electrons. The van der Waals surface area contributed by atoms with E-state index in [0.29, 0.717) is 10.6 Å². The molecule has 0 amide bonds. The van der Waals surface area contributed by atoms with Gasteiger partial charge in [-0.05, 0) is 62.6 Å². The molecule has 0 unspecified atom stereocenters. The molecule has 0 bridgehead atoms. The molecule has 0 saturated heterocycles. The van der Waals surface area contributed by atoms with Crippen molar-refractivity contribution < 1.29 is 8.42 Å². The van der Waals surface area contributed by atoms with E-state index in [-0.39, 0.29) is 0 Å². The summed E-state index contributed by atoms with van der Waals surface area (Å²) in [5.74, 6) is 0. The maximum absolute atomic E-state index is 12.4. The average Bonchev–Trinajstić information content (AvgIpc) is 2.25. The Bertz CT molecular complexity index is 729.